The van der Waals surface area contributed by atoms with E-state index in [1.807, 2.05) is 11.3 Å². The van der Waals surface area contributed by atoms with Crippen molar-refractivity contribution in [2.75, 3.05) is 44.3 Å². The number of morpholine rings is 1. The lowest BCUT2D eigenvalue weighted by Crippen LogP contribution is -2.36. The van der Waals surface area contributed by atoms with E-state index in [2.05, 4.69) is 52.6 Å². The van der Waals surface area contributed by atoms with Crippen molar-refractivity contribution in [2.45, 2.75) is 32.2 Å². The van der Waals surface area contributed by atoms with Crippen LogP contribution in [0.2, 0.25) is 0 Å². The largest absolute Gasteiger partial charge is 0.378 e. The summed E-state index contributed by atoms with van der Waals surface area (Å²) in [6, 6.07) is 8.46. The molecule has 3 aromatic rings. The Bertz CT molecular complexity index is 990. The van der Waals surface area contributed by atoms with Gasteiger partial charge in [0.05, 0.1) is 29.9 Å². The molecule has 4 heterocycles. The number of para-hydroxylation sites is 2. The molecule has 7 heteroatoms. The number of hydrogen-bond acceptors (Lipinski definition) is 6. The number of rotatable bonds is 4. The van der Waals surface area contributed by atoms with E-state index in [1.165, 1.54) is 34.8 Å². The molecule has 154 valence electrons. The fraction of sp³-hybridized carbons (Fsp3) is 0.545. The van der Waals surface area contributed by atoms with Gasteiger partial charge in [-0.25, -0.2) is 9.97 Å². The maximum Gasteiger partial charge on any atom is 0.185 e. The van der Waals surface area contributed by atoms with Gasteiger partial charge in [0.25, 0.3) is 0 Å². The molecule has 0 N–H and O–H groups in total. The Morgan fingerprint density at radius 3 is 2.79 bits per heavy atom. The van der Waals surface area contributed by atoms with Crippen molar-refractivity contribution >= 4 is 27.5 Å². The molecule has 2 aliphatic heterocycles. The lowest BCUT2D eigenvalue weighted by atomic mass is 9.97. The number of aryl methyl sites for hydroxylation is 2. The van der Waals surface area contributed by atoms with Gasteiger partial charge < -0.3 is 14.2 Å². The van der Waals surface area contributed by atoms with Crippen LogP contribution in [0.4, 0.5) is 5.13 Å². The van der Waals surface area contributed by atoms with E-state index in [-0.39, 0.29) is 0 Å². The zero-order valence-electron chi connectivity index (χ0n) is 17.3. The number of thiazole rings is 1. The first-order valence-corrected chi connectivity index (χ1v) is 11.4. The summed E-state index contributed by atoms with van der Waals surface area (Å²) in [5.41, 5.74) is 3.52. The van der Waals surface area contributed by atoms with E-state index in [0.717, 1.165) is 56.6 Å². The van der Waals surface area contributed by atoms with Crippen molar-refractivity contribution in [3.8, 4) is 0 Å². The van der Waals surface area contributed by atoms with E-state index >= 15 is 0 Å². The van der Waals surface area contributed by atoms with Crippen LogP contribution in [0.3, 0.4) is 0 Å². The molecule has 29 heavy (non-hydrogen) atoms. The highest BCUT2D eigenvalue weighted by Crippen LogP contribution is 2.32. The lowest BCUT2D eigenvalue weighted by molar-refractivity contribution is 0.122. The zero-order valence-corrected chi connectivity index (χ0v) is 18.1. The van der Waals surface area contributed by atoms with Crippen molar-refractivity contribution < 1.29 is 4.74 Å². The average Bonchev–Trinajstić information content (AvgIpc) is 3.29. The molecule has 0 amide bonds. The number of likely N-dealkylation sites (tertiary alicyclic amines) is 1. The Kier molecular flexibility index (Phi) is 5.28. The number of piperidine rings is 1. The molecule has 0 radical (unpaired) electrons. The first-order chi connectivity index (χ1) is 14.2. The zero-order chi connectivity index (χ0) is 19.8. The van der Waals surface area contributed by atoms with Crippen LogP contribution in [0.1, 0.15) is 35.2 Å². The lowest BCUT2D eigenvalue weighted by Gasteiger charge is -2.32. The molecule has 0 bridgehead atoms. The van der Waals surface area contributed by atoms with Gasteiger partial charge >= 0.3 is 0 Å². The van der Waals surface area contributed by atoms with Crippen molar-refractivity contribution in [3.05, 3.63) is 40.7 Å². The molecule has 1 aromatic carbocycles. The summed E-state index contributed by atoms with van der Waals surface area (Å²) in [5, 5.41) is 1.16. The Hall–Kier alpha value is -1.96. The van der Waals surface area contributed by atoms with Gasteiger partial charge in [0.1, 0.15) is 5.82 Å². The third-order valence-electron chi connectivity index (χ3n) is 6.22. The third kappa shape index (κ3) is 3.79. The first-order valence-electron chi connectivity index (χ1n) is 10.6. The highest BCUT2D eigenvalue weighted by atomic mass is 32.1. The summed E-state index contributed by atoms with van der Waals surface area (Å²) >= 11 is 1.86. The van der Waals surface area contributed by atoms with E-state index in [4.69, 9.17) is 14.7 Å². The van der Waals surface area contributed by atoms with Crippen molar-refractivity contribution in [3.63, 3.8) is 0 Å². The SMILES string of the molecule is Cc1nc(N2CCOCC2)sc1CN1CCC[C@H](c2nc3ccccc3n2C)C1. The molecule has 5 rings (SSSR count). The van der Waals surface area contributed by atoms with E-state index in [1.54, 1.807) is 0 Å². The Morgan fingerprint density at radius 1 is 1.14 bits per heavy atom. The van der Waals surface area contributed by atoms with Crippen LogP contribution < -0.4 is 4.90 Å². The van der Waals surface area contributed by atoms with Crippen LogP contribution in [-0.2, 0) is 18.3 Å². The van der Waals surface area contributed by atoms with Gasteiger partial charge in [-0.2, -0.15) is 0 Å². The number of ether oxygens (including phenoxy) is 1. The topological polar surface area (TPSA) is 46.4 Å². The van der Waals surface area contributed by atoms with Gasteiger partial charge in [0.2, 0.25) is 0 Å². The van der Waals surface area contributed by atoms with Crippen molar-refractivity contribution in [2.24, 2.45) is 7.05 Å². The van der Waals surface area contributed by atoms with Gasteiger partial charge in [0.15, 0.2) is 5.13 Å². The van der Waals surface area contributed by atoms with Gasteiger partial charge in [-0.1, -0.05) is 12.1 Å². The molecular weight excluding hydrogens is 382 g/mol. The molecule has 6 nitrogen and oxygen atoms in total. The van der Waals surface area contributed by atoms with Gasteiger partial charge in [-0.05, 0) is 38.4 Å². The third-order valence-corrected chi connectivity index (χ3v) is 7.43. The predicted molar refractivity (Wildman–Crippen MR) is 118 cm³/mol. The minimum atomic E-state index is 0.494. The number of fused-ring (bicyclic) bond motifs is 1. The second-order valence-electron chi connectivity index (χ2n) is 8.20. The van der Waals surface area contributed by atoms with Crippen LogP contribution in [0, 0.1) is 6.92 Å². The number of hydrogen-bond donors (Lipinski definition) is 0. The highest BCUT2D eigenvalue weighted by molar-refractivity contribution is 7.15. The molecule has 2 aliphatic rings. The fourth-order valence-electron chi connectivity index (χ4n) is 4.59. The number of aromatic nitrogens is 3. The maximum atomic E-state index is 5.48. The molecule has 0 aliphatic carbocycles. The Morgan fingerprint density at radius 2 is 1.97 bits per heavy atom. The first kappa shape index (κ1) is 19.0. The number of nitrogens with zero attached hydrogens (tertiary/aromatic N) is 5. The standard InChI is InChI=1S/C22H29N5OS/c1-16-20(29-22(23-16)27-10-12-28-13-11-27)15-26-9-5-6-17(14-26)21-24-18-7-3-4-8-19(18)25(21)2/h3-4,7-8,17H,5-6,9-15H2,1-2H3/t17-/m0/s1. The second-order valence-corrected chi connectivity index (χ2v) is 9.26. The summed E-state index contributed by atoms with van der Waals surface area (Å²) in [6.45, 7) is 8.89. The molecular formula is C22H29N5OS. The smallest absolute Gasteiger partial charge is 0.185 e. The molecule has 0 unspecified atom stereocenters. The Labute approximate surface area is 176 Å². The van der Waals surface area contributed by atoms with E-state index in [9.17, 15) is 0 Å². The number of anilines is 1. The molecule has 0 saturated carbocycles. The predicted octanol–water partition coefficient (Wildman–Crippen LogP) is 3.55. The highest BCUT2D eigenvalue weighted by Gasteiger charge is 2.26. The van der Waals surface area contributed by atoms with Crippen LogP contribution >= 0.6 is 11.3 Å². The normalized spacial score (nSPS) is 21.2. The molecule has 2 saturated heterocycles. The number of benzene rings is 1. The summed E-state index contributed by atoms with van der Waals surface area (Å²) in [6.07, 6.45) is 2.44. The van der Waals surface area contributed by atoms with Crippen molar-refractivity contribution in [1.82, 2.24) is 19.4 Å². The second kappa shape index (κ2) is 8.05. The van der Waals surface area contributed by atoms with Crippen molar-refractivity contribution in [1.29, 1.82) is 0 Å². The minimum absolute atomic E-state index is 0.494. The number of imidazole rings is 1. The molecule has 0 spiro atoms. The van der Waals surface area contributed by atoms with Crippen LogP contribution in [0.25, 0.3) is 11.0 Å². The van der Waals surface area contributed by atoms with Crippen LogP contribution in [0.5, 0.6) is 0 Å². The average molecular weight is 412 g/mol. The van der Waals surface area contributed by atoms with Gasteiger partial charge in [-0.15, -0.1) is 11.3 Å². The van der Waals surface area contributed by atoms with Crippen LogP contribution in [-0.4, -0.2) is 58.8 Å². The van der Waals surface area contributed by atoms with Gasteiger partial charge in [0, 0.05) is 44.0 Å². The molecule has 2 aromatic heterocycles. The minimum Gasteiger partial charge on any atom is -0.378 e. The molecule has 1 atom stereocenters. The summed E-state index contributed by atoms with van der Waals surface area (Å²) in [4.78, 5) is 16.2. The summed E-state index contributed by atoms with van der Waals surface area (Å²) in [5.74, 6) is 1.72. The Balaban J connectivity index is 1.31. The fourth-order valence-corrected chi connectivity index (χ4v) is 5.75. The molecule has 2 fully saturated rings. The van der Waals surface area contributed by atoms with E-state index in [0.29, 0.717) is 5.92 Å². The monoisotopic (exact) mass is 411 g/mol. The van der Waals surface area contributed by atoms with E-state index < -0.39 is 0 Å². The van der Waals surface area contributed by atoms with Crippen LogP contribution in [0.15, 0.2) is 24.3 Å². The van der Waals surface area contributed by atoms with Gasteiger partial charge in [-0.3, -0.25) is 4.90 Å². The maximum absolute atomic E-state index is 5.48. The summed E-state index contributed by atoms with van der Waals surface area (Å²) in [7, 11) is 2.16. The summed E-state index contributed by atoms with van der Waals surface area (Å²) < 4.78 is 7.77. The quantitative estimate of drug-likeness (QED) is 0.657.